The third-order valence-corrected chi connectivity index (χ3v) is 1.52. The van der Waals surface area contributed by atoms with Crippen LogP contribution in [-0.4, -0.2) is 28.5 Å². The number of methoxy groups -OCH3 is 1. The van der Waals surface area contributed by atoms with Gasteiger partial charge in [-0.25, -0.2) is 0 Å². The highest BCUT2D eigenvalue weighted by atomic mass is 19.4. The van der Waals surface area contributed by atoms with Gasteiger partial charge in [-0.15, -0.1) is 13.2 Å². The topological polar surface area (TPSA) is 94.7 Å². The second-order valence-electron chi connectivity index (χ2n) is 2.65. The number of halogens is 3. The van der Waals surface area contributed by atoms with Crippen molar-refractivity contribution in [1.29, 1.82) is 0 Å². The van der Waals surface area contributed by atoms with Crippen molar-refractivity contribution in [3.05, 3.63) is 16.2 Å². The van der Waals surface area contributed by atoms with E-state index in [4.69, 9.17) is 5.11 Å². The molecule has 0 aliphatic heterocycles. The minimum absolute atomic E-state index is 0.451. The number of aromatic hydroxyl groups is 1. The number of rotatable bonds is 3. The number of pyridine rings is 1. The fourth-order valence-corrected chi connectivity index (χ4v) is 0.925. The lowest BCUT2D eigenvalue weighted by Crippen LogP contribution is -2.19. The van der Waals surface area contributed by atoms with Crippen LogP contribution in [0.3, 0.4) is 0 Å². The van der Waals surface area contributed by atoms with Crippen LogP contribution in [0.25, 0.3) is 0 Å². The summed E-state index contributed by atoms with van der Waals surface area (Å²) in [6, 6.07) is 0.451. The zero-order chi connectivity index (χ0) is 13.2. The first-order chi connectivity index (χ1) is 7.74. The molecule has 10 heteroatoms. The lowest BCUT2D eigenvalue weighted by atomic mass is 10.4. The van der Waals surface area contributed by atoms with Crippen molar-refractivity contribution in [3.63, 3.8) is 0 Å². The molecule has 0 saturated heterocycles. The van der Waals surface area contributed by atoms with Crippen molar-refractivity contribution >= 4 is 5.69 Å². The van der Waals surface area contributed by atoms with Gasteiger partial charge in [0.05, 0.1) is 18.1 Å². The van der Waals surface area contributed by atoms with Gasteiger partial charge in [-0.1, -0.05) is 0 Å². The third kappa shape index (κ3) is 3.09. The van der Waals surface area contributed by atoms with E-state index in [1.807, 2.05) is 0 Å². The van der Waals surface area contributed by atoms with E-state index < -0.39 is 34.5 Å². The maximum Gasteiger partial charge on any atom is 0.574 e. The Kier molecular flexibility index (Phi) is 3.25. The average molecular weight is 254 g/mol. The van der Waals surface area contributed by atoms with Crippen molar-refractivity contribution in [3.8, 4) is 17.5 Å². The van der Waals surface area contributed by atoms with Crippen molar-refractivity contribution in [2.45, 2.75) is 6.36 Å². The normalized spacial score (nSPS) is 11.1. The van der Waals surface area contributed by atoms with Crippen LogP contribution in [0.15, 0.2) is 6.07 Å². The van der Waals surface area contributed by atoms with E-state index in [1.165, 1.54) is 0 Å². The molecule has 94 valence electrons. The van der Waals surface area contributed by atoms with E-state index in [2.05, 4.69) is 14.5 Å². The van der Waals surface area contributed by atoms with Crippen molar-refractivity contribution in [1.82, 2.24) is 4.98 Å². The molecule has 7 nitrogen and oxygen atoms in total. The van der Waals surface area contributed by atoms with Gasteiger partial charge >= 0.3 is 17.9 Å². The Balaban J connectivity index is 3.29. The van der Waals surface area contributed by atoms with Gasteiger partial charge < -0.3 is 14.6 Å². The van der Waals surface area contributed by atoms with E-state index >= 15 is 0 Å². The summed E-state index contributed by atoms with van der Waals surface area (Å²) in [7, 11) is 1.02. The highest BCUT2D eigenvalue weighted by Gasteiger charge is 2.36. The molecule has 0 aliphatic carbocycles. The monoisotopic (exact) mass is 254 g/mol. The van der Waals surface area contributed by atoms with E-state index in [-0.39, 0.29) is 0 Å². The average Bonchev–Trinajstić information content (AvgIpc) is 2.17. The van der Waals surface area contributed by atoms with E-state index in [0.717, 1.165) is 7.11 Å². The largest absolute Gasteiger partial charge is 0.574 e. The molecule has 17 heavy (non-hydrogen) atoms. The van der Waals surface area contributed by atoms with Crippen LogP contribution in [0.4, 0.5) is 18.9 Å². The van der Waals surface area contributed by atoms with Gasteiger partial charge in [0, 0.05) is 0 Å². The second kappa shape index (κ2) is 4.31. The van der Waals surface area contributed by atoms with Gasteiger partial charge in [0.15, 0.2) is 5.75 Å². The molecular weight excluding hydrogens is 249 g/mol. The summed E-state index contributed by atoms with van der Waals surface area (Å²) < 4.78 is 43.6. The van der Waals surface area contributed by atoms with Crippen molar-refractivity contribution < 1.29 is 32.7 Å². The Morgan fingerprint density at radius 1 is 1.47 bits per heavy atom. The molecule has 0 amide bonds. The van der Waals surface area contributed by atoms with Gasteiger partial charge in [0.1, 0.15) is 0 Å². The SMILES string of the molecule is COc1nc(OC(F)(F)F)c([N+](=O)[O-])cc1O. The molecule has 0 spiro atoms. The lowest BCUT2D eigenvalue weighted by Gasteiger charge is -2.09. The summed E-state index contributed by atoms with van der Waals surface area (Å²) in [6.07, 6.45) is -5.14. The summed E-state index contributed by atoms with van der Waals surface area (Å²) in [4.78, 5) is 12.3. The standard InChI is InChI=1S/C7H5F3N2O5/c1-16-6-4(13)2-3(12(14)15)5(11-6)17-7(8,9)10/h2,13H,1H3. The second-order valence-corrected chi connectivity index (χ2v) is 2.65. The molecule has 0 aliphatic rings. The number of nitro groups is 1. The molecular formula is C7H5F3N2O5. The Bertz CT molecular complexity index is 448. The predicted molar refractivity (Wildman–Crippen MR) is 45.8 cm³/mol. The first kappa shape index (κ1) is 12.8. The van der Waals surface area contributed by atoms with Crippen LogP contribution in [-0.2, 0) is 0 Å². The first-order valence-corrected chi connectivity index (χ1v) is 3.92. The molecule has 1 N–H and O–H groups in total. The van der Waals surface area contributed by atoms with E-state index in [0.29, 0.717) is 6.07 Å². The van der Waals surface area contributed by atoms with Crippen LogP contribution < -0.4 is 9.47 Å². The first-order valence-electron chi connectivity index (χ1n) is 3.92. The van der Waals surface area contributed by atoms with Gasteiger partial charge in [-0.05, 0) is 0 Å². The molecule has 0 unspecified atom stereocenters. The Hall–Kier alpha value is -2.26. The number of hydrogen-bond acceptors (Lipinski definition) is 6. The van der Waals surface area contributed by atoms with Gasteiger partial charge in [0.25, 0.3) is 5.88 Å². The lowest BCUT2D eigenvalue weighted by molar-refractivity contribution is -0.389. The van der Waals surface area contributed by atoms with Gasteiger partial charge in [0.2, 0.25) is 0 Å². The van der Waals surface area contributed by atoms with Crippen LogP contribution in [0.5, 0.6) is 17.5 Å². The molecule has 1 aromatic rings. The minimum atomic E-state index is -5.14. The smallest absolute Gasteiger partial charge is 0.503 e. The maximum absolute atomic E-state index is 11.9. The van der Waals surface area contributed by atoms with Gasteiger partial charge in [-0.2, -0.15) is 4.98 Å². The van der Waals surface area contributed by atoms with Crippen LogP contribution in [0.2, 0.25) is 0 Å². The number of alkyl halides is 3. The fourth-order valence-electron chi connectivity index (χ4n) is 0.925. The molecule has 1 rings (SSSR count). The molecule has 0 atom stereocenters. The zero-order valence-electron chi connectivity index (χ0n) is 8.19. The molecule has 0 aromatic carbocycles. The molecule has 0 bridgehead atoms. The summed E-state index contributed by atoms with van der Waals surface area (Å²) in [6.45, 7) is 0. The highest BCUT2D eigenvalue weighted by Crippen LogP contribution is 2.37. The van der Waals surface area contributed by atoms with E-state index in [1.54, 1.807) is 0 Å². The number of ether oxygens (including phenoxy) is 2. The Labute approximate surface area is 91.6 Å². The minimum Gasteiger partial charge on any atom is -0.503 e. The van der Waals surface area contributed by atoms with Crippen LogP contribution in [0.1, 0.15) is 0 Å². The number of aromatic nitrogens is 1. The zero-order valence-corrected chi connectivity index (χ0v) is 8.19. The summed E-state index contributed by atoms with van der Waals surface area (Å²) in [5.41, 5.74) is -1.12. The number of nitrogens with zero attached hydrogens (tertiary/aromatic N) is 2. The van der Waals surface area contributed by atoms with E-state index in [9.17, 15) is 23.3 Å². The highest BCUT2D eigenvalue weighted by molar-refractivity contribution is 5.50. The third-order valence-electron chi connectivity index (χ3n) is 1.52. The fraction of sp³-hybridized carbons (Fsp3) is 0.286. The predicted octanol–water partition coefficient (Wildman–Crippen LogP) is 1.60. The van der Waals surface area contributed by atoms with Crippen molar-refractivity contribution in [2.24, 2.45) is 0 Å². The van der Waals surface area contributed by atoms with Crippen LogP contribution >= 0.6 is 0 Å². The molecule has 0 radical (unpaired) electrons. The quantitative estimate of drug-likeness (QED) is 0.650. The molecule has 0 saturated carbocycles. The Morgan fingerprint density at radius 2 is 2.06 bits per heavy atom. The number of hydrogen-bond donors (Lipinski definition) is 1. The Morgan fingerprint density at radius 3 is 2.47 bits per heavy atom. The van der Waals surface area contributed by atoms with Crippen molar-refractivity contribution in [2.75, 3.05) is 7.11 Å². The summed E-state index contributed by atoms with van der Waals surface area (Å²) in [5.74, 6) is -2.69. The maximum atomic E-state index is 11.9. The van der Waals surface area contributed by atoms with Gasteiger partial charge in [-0.3, -0.25) is 10.1 Å². The summed E-state index contributed by atoms with van der Waals surface area (Å²) in [5, 5.41) is 19.6. The summed E-state index contributed by atoms with van der Waals surface area (Å²) >= 11 is 0. The van der Waals surface area contributed by atoms with Crippen LogP contribution in [0, 0.1) is 10.1 Å². The molecule has 1 heterocycles. The molecule has 1 aromatic heterocycles. The molecule has 0 fully saturated rings.